The van der Waals surface area contributed by atoms with Gasteiger partial charge in [0.05, 0.1) is 0 Å². The molecule has 0 heteroatoms. The Kier molecular flexibility index (Phi) is 3.64. The summed E-state index contributed by atoms with van der Waals surface area (Å²) < 4.78 is 0. The van der Waals surface area contributed by atoms with E-state index in [1.165, 1.54) is 5.56 Å². The van der Waals surface area contributed by atoms with Crippen LogP contribution in [-0.2, 0) is 0 Å². The fourth-order valence-corrected chi connectivity index (χ4v) is 1.37. The second kappa shape index (κ2) is 5.59. The highest BCUT2D eigenvalue weighted by atomic mass is 14.1. The van der Waals surface area contributed by atoms with Crippen molar-refractivity contribution < 1.29 is 0 Å². The van der Waals surface area contributed by atoms with Gasteiger partial charge in [0.2, 0.25) is 0 Å². The zero-order chi connectivity index (χ0) is 11.9. The van der Waals surface area contributed by atoms with Crippen LogP contribution in [-0.4, -0.2) is 0 Å². The zero-order valence-electron chi connectivity index (χ0n) is 9.70. The Bertz CT molecular complexity index is 596. The van der Waals surface area contributed by atoms with Crippen molar-refractivity contribution in [2.75, 3.05) is 0 Å². The summed E-state index contributed by atoms with van der Waals surface area (Å²) in [6.45, 7) is 2.06. The van der Waals surface area contributed by atoms with Gasteiger partial charge < -0.3 is 0 Å². The first kappa shape index (κ1) is 11.1. The lowest BCUT2D eigenvalue weighted by Gasteiger charge is -1.90. The molecule has 0 saturated heterocycles. The van der Waals surface area contributed by atoms with Crippen LogP contribution < -0.4 is 0 Å². The molecule has 0 atom stereocenters. The SMILES string of the molecule is Cc1ccc(C#CC#[13C]c2ccccc2)cc1. The van der Waals surface area contributed by atoms with E-state index in [1.54, 1.807) is 0 Å². The average molecular weight is 217 g/mol. The van der Waals surface area contributed by atoms with E-state index < -0.39 is 0 Å². The molecule has 0 spiro atoms. The molecule has 0 bridgehead atoms. The Morgan fingerprint density at radius 1 is 0.647 bits per heavy atom. The molecule has 0 aromatic heterocycles. The van der Waals surface area contributed by atoms with E-state index in [1.807, 2.05) is 42.5 Å². The molecular weight excluding hydrogens is 205 g/mol. The van der Waals surface area contributed by atoms with Crippen LogP contribution in [0.1, 0.15) is 16.7 Å². The maximum Gasteiger partial charge on any atom is 0.0255 e. The van der Waals surface area contributed by atoms with E-state index in [2.05, 4.69) is 42.7 Å². The number of hydrogen-bond acceptors (Lipinski definition) is 0. The minimum atomic E-state index is 0.991. The largest absolute Gasteiger partial charge is 0.0622 e. The summed E-state index contributed by atoms with van der Waals surface area (Å²) in [7, 11) is 0. The quantitative estimate of drug-likeness (QED) is 0.468. The lowest BCUT2D eigenvalue weighted by Crippen LogP contribution is -1.74. The third-order valence-electron chi connectivity index (χ3n) is 2.30. The Balaban J connectivity index is 2.09. The predicted molar refractivity (Wildman–Crippen MR) is 71.4 cm³/mol. The lowest BCUT2D eigenvalue weighted by atomic mass is 10.2. The van der Waals surface area contributed by atoms with Gasteiger partial charge in [-0.15, -0.1) is 0 Å². The van der Waals surface area contributed by atoms with Gasteiger partial charge in [-0.1, -0.05) is 47.7 Å². The summed E-state index contributed by atoms with van der Waals surface area (Å²) in [5.41, 5.74) is 3.23. The van der Waals surface area contributed by atoms with Crippen molar-refractivity contribution >= 4 is 0 Å². The van der Waals surface area contributed by atoms with E-state index in [4.69, 9.17) is 0 Å². The first-order chi connectivity index (χ1) is 8.34. The molecule has 0 saturated carbocycles. The minimum absolute atomic E-state index is 0.991. The van der Waals surface area contributed by atoms with Crippen molar-refractivity contribution in [3.05, 3.63) is 71.3 Å². The summed E-state index contributed by atoms with van der Waals surface area (Å²) in [4.78, 5) is 0. The summed E-state index contributed by atoms with van der Waals surface area (Å²) in [6.07, 6.45) is 0. The first-order valence-corrected chi connectivity index (χ1v) is 5.48. The molecule has 0 aliphatic heterocycles. The monoisotopic (exact) mass is 217 g/mol. The van der Waals surface area contributed by atoms with Gasteiger partial charge in [-0.3, -0.25) is 0 Å². The molecule has 2 aromatic carbocycles. The summed E-state index contributed by atoms with van der Waals surface area (Å²) in [6, 6.07) is 18.0. The molecule has 0 unspecified atom stereocenters. The van der Waals surface area contributed by atoms with Crippen LogP contribution in [0.15, 0.2) is 54.6 Å². The van der Waals surface area contributed by atoms with E-state index >= 15 is 0 Å². The van der Waals surface area contributed by atoms with Crippen molar-refractivity contribution in [1.82, 2.24) is 0 Å². The minimum Gasteiger partial charge on any atom is -0.0622 e. The molecule has 0 aliphatic rings. The van der Waals surface area contributed by atoms with E-state index in [-0.39, 0.29) is 0 Å². The maximum atomic E-state index is 3.02. The number of benzene rings is 2. The van der Waals surface area contributed by atoms with E-state index in [0.29, 0.717) is 0 Å². The van der Waals surface area contributed by atoms with Crippen molar-refractivity contribution in [2.24, 2.45) is 0 Å². The van der Waals surface area contributed by atoms with Crippen LogP contribution >= 0.6 is 0 Å². The van der Waals surface area contributed by atoms with E-state index in [9.17, 15) is 0 Å². The van der Waals surface area contributed by atoms with Gasteiger partial charge in [0.25, 0.3) is 0 Å². The van der Waals surface area contributed by atoms with Gasteiger partial charge >= 0.3 is 0 Å². The predicted octanol–water partition coefficient (Wildman–Crippen LogP) is 3.40. The third kappa shape index (κ3) is 3.56. The third-order valence-corrected chi connectivity index (χ3v) is 2.30. The van der Waals surface area contributed by atoms with Gasteiger partial charge in [-0.05, 0) is 43.0 Å². The van der Waals surface area contributed by atoms with Crippen LogP contribution in [0.5, 0.6) is 0 Å². The molecule has 2 aromatic rings. The molecule has 2 rings (SSSR count). The first-order valence-electron chi connectivity index (χ1n) is 5.48. The standard InChI is InChI=1S/C17H12/c1-15-11-13-17(14-12-15)10-6-5-9-16-7-3-2-4-8-16/h2-4,7-8,11-14H,1H3/i9+1. The van der Waals surface area contributed by atoms with Crippen LogP contribution in [0.3, 0.4) is 0 Å². The molecule has 0 N–H and O–H groups in total. The Hall–Kier alpha value is -2.44. The summed E-state index contributed by atoms with van der Waals surface area (Å²) in [5, 5.41) is 0. The maximum absolute atomic E-state index is 3.02. The van der Waals surface area contributed by atoms with Crippen LogP contribution in [0, 0.1) is 30.6 Å². The van der Waals surface area contributed by atoms with Crippen LogP contribution in [0.2, 0.25) is 0 Å². The van der Waals surface area contributed by atoms with Crippen molar-refractivity contribution in [3.63, 3.8) is 0 Å². The highest BCUT2D eigenvalue weighted by molar-refractivity contribution is 5.44. The van der Waals surface area contributed by atoms with Crippen molar-refractivity contribution in [2.45, 2.75) is 6.92 Å². The van der Waals surface area contributed by atoms with Crippen LogP contribution in [0.25, 0.3) is 0 Å². The summed E-state index contributed by atoms with van der Waals surface area (Å²) in [5.74, 6) is 11.7. The highest BCUT2D eigenvalue weighted by Crippen LogP contribution is 2.00. The fourth-order valence-electron chi connectivity index (χ4n) is 1.37. The second-order valence-electron chi connectivity index (χ2n) is 3.73. The number of aryl methyl sites for hydroxylation is 1. The van der Waals surface area contributed by atoms with Gasteiger partial charge in [-0.2, -0.15) is 0 Å². The Labute approximate surface area is 102 Å². The number of hydrogen-bond donors (Lipinski definition) is 0. The molecule has 0 heterocycles. The Morgan fingerprint density at radius 3 is 1.76 bits per heavy atom. The second-order valence-corrected chi connectivity index (χ2v) is 3.73. The topological polar surface area (TPSA) is 0 Å². The molecule has 0 fully saturated rings. The molecule has 0 nitrogen and oxygen atoms in total. The van der Waals surface area contributed by atoms with Gasteiger partial charge in [0.1, 0.15) is 0 Å². The summed E-state index contributed by atoms with van der Waals surface area (Å²) >= 11 is 0. The Morgan fingerprint density at radius 2 is 1.18 bits per heavy atom. The van der Waals surface area contributed by atoms with Crippen molar-refractivity contribution in [3.8, 4) is 23.7 Å². The van der Waals surface area contributed by atoms with E-state index in [0.717, 1.165) is 11.1 Å². The average Bonchev–Trinajstić information content (AvgIpc) is 2.38. The molecule has 17 heavy (non-hydrogen) atoms. The normalized spacial score (nSPS) is 8.53. The molecule has 80 valence electrons. The zero-order valence-corrected chi connectivity index (χ0v) is 9.70. The molecule has 0 amide bonds. The van der Waals surface area contributed by atoms with Gasteiger partial charge in [0.15, 0.2) is 0 Å². The van der Waals surface area contributed by atoms with Gasteiger partial charge in [-0.25, -0.2) is 0 Å². The molecular formula is C17H12. The van der Waals surface area contributed by atoms with Crippen LogP contribution in [0.4, 0.5) is 0 Å². The molecule has 0 radical (unpaired) electrons. The number of rotatable bonds is 0. The van der Waals surface area contributed by atoms with Gasteiger partial charge in [0, 0.05) is 11.1 Å². The molecule has 0 aliphatic carbocycles. The smallest absolute Gasteiger partial charge is 0.0255 e. The lowest BCUT2D eigenvalue weighted by molar-refractivity contribution is 1.46. The fraction of sp³-hybridized carbons (Fsp3) is 0.0588. The van der Waals surface area contributed by atoms with Crippen molar-refractivity contribution in [1.29, 1.82) is 0 Å². The highest BCUT2D eigenvalue weighted by Gasteiger charge is 1.84.